The summed E-state index contributed by atoms with van der Waals surface area (Å²) >= 11 is 0.00630. The molecule has 2 rings (SSSR count). The van der Waals surface area contributed by atoms with Gasteiger partial charge >= 0.3 is 126 Å². The third-order valence-electron chi connectivity index (χ3n) is 2.97. The van der Waals surface area contributed by atoms with Crippen molar-refractivity contribution in [3.8, 4) is 0 Å². The summed E-state index contributed by atoms with van der Waals surface area (Å²) in [5.74, 6) is 0. The van der Waals surface area contributed by atoms with Crippen LogP contribution in [0.2, 0.25) is 0 Å². The van der Waals surface area contributed by atoms with Gasteiger partial charge in [0, 0.05) is 0 Å². The van der Waals surface area contributed by atoms with E-state index in [4.69, 9.17) is 0 Å². The number of benzene rings is 2. The molecule has 0 radical (unpaired) electrons. The molecule has 0 heterocycles. The Morgan fingerprint density at radius 1 is 0.684 bits per heavy atom. The Bertz CT molecular complexity index is 483. The summed E-state index contributed by atoms with van der Waals surface area (Å²) in [5, 5.41) is 0. The molecule has 0 N–H and O–H groups in total. The van der Waals surface area contributed by atoms with Crippen LogP contribution in [0.3, 0.4) is 0 Å². The summed E-state index contributed by atoms with van der Waals surface area (Å²) < 4.78 is 2.51. The van der Waals surface area contributed by atoms with E-state index in [9.17, 15) is 0 Å². The van der Waals surface area contributed by atoms with Crippen LogP contribution in [0.15, 0.2) is 61.7 Å². The molecule has 2 aromatic carbocycles. The average molecular weight is 362 g/mol. The van der Waals surface area contributed by atoms with Crippen LogP contribution in [0.5, 0.6) is 0 Å². The fourth-order valence-corrected chi connectivity index (χ4v) is 4.52. The van der Waals surface area contributed by atoms with Gasteiger partial charge in [-0.1, -0.05) is 0 Å². The fraction of sp³-hybridized carbons (Fsp3) is 0.111. The van der Waals surface area contributed by atoms with Crippen molar-refractivity contribution in [2.75, 3.05) is 0 Å². The van der Waals surface area contributed by atoms with Gasteiger partial charge in [0.1, 0.15) is 0 Å². The second-order valence-corrected chi connectivity index (χ2v) is 7.20. The summed E-state index contributed by atoms with van der Waals surface area (Å²) in [7, 11) is 0. The van der Waals surface area contributed by atoms with E-state index in [-0.39, 0.29) is 20.9 Å². The zero-order chi connectivity index (χ0) is 13.5. The predicted octanol–water partition coefficient (Wildman–Crippen LogP) is 4.38. The molecule has 0 unspecified atom stereocenters. The van der Waals surface area contributed by atoms with Crippen LogP contribution in [0, 0.1) is 0 Å². The zero-order valence-corrected chi connectivity index (χ0v) is 13.3. The normalized spacial score (nSPS) is 10.1. The molecule has 0 spiro atoms. The van der Waals surface area contributed by atoms with Crippen LogP contribution < -0.4 is 0 Å². The van der Waals surface area contributed by atoms with Crippen LogP contribution in [0.4, 0.5) is 0 Å². The van der Waals surface area contributed by atoms with Crippen molar-refractivity contribution in [3.05, 3.63) is 83.9 Å². The van der Waals surface area contributed by atoms with Gasteiger partial charge in [0.15, 0.2) is 0 Å². The molecule has 96 valence electrons. The Morgan fingerprint density at radius 3 is 1.37 bits per heavy atom. The quantitative estimate of drug-likeness (QED) is 0.670. The number of rotatable bonds is 6. The number of hydrogen-bond donors (Lipinski definition) is 0. The molecule has 0 aromatic heterocycles. The minimum absolute atomic E-state index is 0.00630. The van der Waals surface area contributed by atoms with Gasteiger partial charge in [0.2, 0.25) is 0 Å². The Morgan fingerprint density at radius 2 is 1.05 bits per heavy atom. The molecule has 0 atom stereocenters. The molecular formula is C18H18Te. The van der Waals surface area contributed by atoms with E-state index >= 15 is 0 Å². The van der Waals surface area contributed by atoms with Crippen LogP contribution in [0.25, 0.3) is 12.2 Å². The first-order valence-corrected chi connectivity index (χ1v) is 9.62. The topological polar surface area (TPSA) is 0 Å². The van der Waals surface area contributed by atoms with Crippen molar-refractivity contribution in [3.63, 3.8) is 0 Å². The number of hydrogen-bond acceptors (Lipinski definition) is 0. The van der Waals surface area contributed by atoms with Crippen molar-refractivity contribution >= 4 is 33.1 Å². The predicted molar refractivity (Wildman–Crippen MR) is 86.2 cm³/mol. The molecule has 0 bridgehead atoms. The maximum atomic E-state index is 3.78. The van der Waals surface area contributed by atoms with Crippen molar-refractivity contribution in [2.45, 2.75) is 8.94 Å². The van der Waals surface area contributed by atoms with Gasteiger partial charge in [0.05, 0.1) is 0 Å². The van der Waals surface area contributed by atoms with Crippen molar-refractivity contribution in [2.24, 2.45) is 0 Å². The second-order valence-electron chi connectivity index (χ2n) is 4.38. The Balaban J connectivity index is 1.84. The van der Waals surface area contributed by atoms with Crippen LogP contribution in [0.1, 0.15) is 22.3 Å². The summed E-state index contributed by atoms with van der Waals surface area (Å²) in [5.41, 5.74) is 5.31. The molecule has 0 aliphatic rings. The summed E-state index contributed by atoms with van der Waals surface area (Å²) in [4.78, 5) is 0. The molecule has 0 aliphatic heterocycles. The summed E-state index contributed by atoms with van der Waals surface area (Å²) in [6.07, 6.45) is 3.78. The molecule has 0 saturated heterocycles. The Hall–Kier alpha value is -1.29. The zero-order valence-electron chi connectivity index (χ0n) is 11.0. The van der Waals surface area contributed by atoms with Crippen molar-refractivity contribution in [1.29, 1.82) is 0 Å². The molecule has 0 fully saturated rings. The SMILES string of the molecule is C=Cc1ccc(C[Te]Cc2ccc(C=C)cc2)cc1. The molecular weight excluding hydrogens is 344 g/mol. The van der Waals surface area contributed by atoms with Gasteiger partial charge in [-0.05, 0) is 0 Å². The second kappa shape index (κ2) is 7.34. The van der Waals surface area contributed by atoms with E-state index in [0.717, 1.165) is 0 Å². The minimum atomic E-state index is 0.00630. The molecule has 0 aliphatic carbocycles. The van der Waals surface area contributed by atoms with E-state index in [2.05, 4.69) is 61.7 Å². The van der Waals surface area contributed by atoms with Crippen LogP contribution >= 0.6 is 0 Å². The van der Waals surface area contributed by atoms with E-state index in [1.807, 2.05) is 12.2 Å². The van der Waals surface area contributed by atoms with Gasteiger partial charge < -0.3 is 0 Å². The van der Waals surface area contributed by atoms with E-state index in [1.54, 1.807) is 0 Å². The first-order valence-electron chi connectivity index (χ1n) is 6.32. The van der Waals surface area contributed by atoms with Gasteiger partial charge in [-0.15, -0.1) is 0 Å². The van der Waals surface area contributed by atoms with Gasteiger partial charge in [-0.3, -0.25) is 0 Å². The standard InChI is InChI=1S/C18H18Te/c1-3-15-5-9-17(10-6-15)13-19-14-18-11-7-16(4-2)8-12-18/h3-12H,1-2,13-14H2. The first kappa shape index (κ1) is 14.1. The van der Waals surface area contributed by atoms with Gasteiger partial charge in [-0.25, -0.2) is 0 Å². The van der Waals surface area contributed by atoms with Crippen molar-refractivity contribution < 1.29 is 0 Å². The van der Waals surface area contributed by atoms with Crippen LogP contribution in [-0.2, 0) is 8.94 Å². The third kappa shape index (κ3) is 4.39. The first-order chi connectivity index (χ1) is 9.31. The van der Waals surface area contributed by atoms with E-state index < -0.39 is 0 Å². The summed E-state index contributed by atoms with van der Waals surface area (Å²) in [6, 6.07) is 17.5. The molecule has 0 amide bonds. The average Bonchev–Trinajstić information content (AvgIpc) is 2.49. The molecule has 19 heavy (non-hydrogen) atoms. The molecule has 1 heteroatoms. The Kier molecular flexibility index (Phi) is 5.45. The van der Waals surface area contributed by atoms with Gasteiger partial charge in [0.25, 0.3) is 0 Å². The summed E-state index contributed by atoms with van der Waals surface area (Å²) in [6.45, 7) is 7.56. The van der Waals surface area contributed by atoms with E-state index in [1.165, 1.54) is 31.2 Å². The maximum absolute atomic E-state index is 3.78. The van der Waals surface area contributed by atoms with Gasteiger partial charge in [-0.2, -0.15) is 0 Å². The molecule has 0 nitrogen and oxygen atoms in total. The molecule has 2 aromatic rings. The third-order valence-corrected chi connectivity index (χ3v) is 6.04. The van der Waals surface area contributed by atoms with E-state index in [0.29, 0.717) is 0 Å². The molecule has 0 saturated carbocycles. The fourth-order valence-electron chi connectivity index (χ4n) is 1.79. The van der Waals surface area contributed by atoms with Crippen LogP contribution in [-0.4, -0.2) is 20.9 Å². The monoisotopic (exact) mass is 364 g/mol. The Labute approximate surface area is 126 Å². The van der Waals surface area contributed by atoms with Crippen molar-refractivity contribution in [1.82, 2.24) is 0 Å².